The van der Waals surface area contributed by atoms with E-state index in [4.69, 9.17) is 0 Å². The summed E-state index contributed by atoms with van der Waals surface area (Å²) in [6.07, 6.45) is 0. The molecule has 3 heteroatoms. The van der Waals surface area contributed by atoms with Gasteiger partial charge in [-0.05, 0) is 36.8 Å². The number of ketones is 1. The Labute approximate surface area is 112 Å². The highest BCUT2D eigenvalue weighted by Gasteiger charge is 2.10. The average molecular weight is 252 g/mol. The second-order valence-corrected chi connectivity index (χ2v) is 4.27. The van der Waals surface area contributed by atoms with Gasteiger partial charge in [0.25, 0.3) is 0 Å². The van der Waals surface area contributed by atoms with Crippen LogP contribution in [0.25, 0.3) is 0 Å². The van der Waals surface area contributed by atoms with Gasteiger partial charge in [0.15, 0.2) is 5.78 Å². The Morgan fingerprint density at radius 1 is 0.947 bits per heavy atom. The Balaban J connectivity index is 2.17. The molecule has 2 aromatic rings. The number of anilines is 2. The summed E-state index contributed by atoms with van der Waals surface area (Å²) in [7, 11) is 0. The fourth-order valence-corrected chi connectivity index (χ4v) is 1.68. The predicted molar refractivity (Wildman–Crippen MR) is 79.3 cm³/mol. The second kappa shape index (κ2) is 5.87. The molecule has 19 heavy (non-hydrogen) atoms. The van der Waals surface area contributed by atoms with Crippen LogP contribution in [0.3, 0.4) is 0 Å². The second-order valence-electron chi connectivity index (χ2n) is 4.27. The van der Waals surface area contributed by atoms with Crippen molar-refractivity contribution in [2.75, 3.05) is 10.9 Å². The number of benzene rings is 2. The topological polar surface area (TPSA) is 41.1 Å². The molecule has 0 aromatic heterocycles. The van der Waals surface area contributed by atoms with E-state index in [-0.39, 0.29) is 5.78 Å². The van der Waals surface area contributed by atoms with E-state index in [1.54, 1.807) is 13.0 Å². The normalized spacial score (nSPS) is 9.74. The number of hydrogen-bond acceptors (Lipinski definition) is 3. The number of rotatable bonds is 5. The number of nitrogens with one attached hydrogen (secondary N) is 2. The SMILES string of the molecule is C=C(C)C(=O)c1ccccc1NNc1ccccc1. The molecule has 2 rings (SSSR count). The van der Waals surface area contributed by atoms with E-state index in [1.807, 2.05) is 48.5 Å². The lowest BCUT2D eigenvalue weighted by Gasteiger charge is -2.13. The maximum atomic E-state index is 12.0. The van der Waals surface area contributed by atoms with Gasteiger partial charge in [0.1, 0.15) is 0 Å². The van der Waals surface area contributed by atoms with Crippen LogP contribution in [0.2, 0.25) is 0 Å². The molecule has 2 N–H and O–H groups in total. The van der Waals surface area contributed by atoms with E-state index in [0.717, 1.165) is 11.4 Å². The molecule has 0 fully saturated rings. The molecule has 0 aliphatic carbocycles. The van der Waals surface area contributed by atoms with Crippen LogP contribution in [-0.2, 0) is 0 Å². The Hall–Kier alpha value is -2.55. The number of para-hydroxylation sites is 2. The maximum absolute atomic E-state index is 12.0. The van der Waals surface area contributed by atoms with Crippen molar-refractivity contribution in [2.24, 2.45) is 0 Å². The van der Waals surface area contributed by atoms with Gasteiger partial charge < -0.3 is 10.9 Å². The zero-order chi connectivity index (χ0) is 13.7. The lowest BCUT2D eigenvalue weighted by Crippen LogP contribution is -2.12. The zero-order valence-electron chi connectivity index (χ0n) is 10.8. The number of hydrazine groups is 1. The van der Waals surface area contributed by atoms with Crippen molar-refractivity contribution in [2.45, 2.75) is 6.92 Å². The van der Waals surface area contributed by atoms with Gasteiger partial charge in [0, 0.05) is 5.56 Å². The summed E-state index contributed by atoms with van der Waals surface area (Å²) in [6, 6.07) is 17.1. The Morgan fingerprint density at radius 3 is 2.26 bits per heavy atom. The number of carbonyl (C=O) groups excluding carboxylic acids is 1. The summed E-state index contributed by atoms with van der Waals surface area (Å²) in [4.78, 5) is 12.0. The lowest BCUT2D eigenvalue weighted by atomic mass is 10.0. The van der Waals surface area contributed by atoms with Crippen LogP contribution in [-0.4, -0.2) is 5.78 Å². The smallest absolute Gasteiger partial charge is 0.190 e. The van der Waals surface area contributed by atoms with Crippen LogP contribution < -0.4 is 10.9 Å². The van der Waals surface area contributed by atoms with Crippen molar-refractivity contribution in [3.05, 3.63) is 72.3 Å². The van der Waals surface area contributed by atoms with Crippen LogP contribution >= 0.6 is 0 Å². The highest BCUT2D eigenvalue weighted by atomic mass is 16.1. The lowest BCUT2D eigenvalue weighted by molar-refractivity contribution is 0.103. The molecule has 96 valence electrons. The molecule has 0 aliphatic heterocycles. The minimum absolute atomic E-state index is 0.0574. The third-order valence-electron chi connectivity index (χ3n) is 2.67. The van der Waals surface area contributed by atoms with Crippen molar-refractivity contribution in [1.82, 2.24) is 0 Å². The van der Waals surface area contributed by atoms with Gasteiger partial charge in [-0.3, -0.25) is 4.79 Å². The first-order chi connectivity index (χ1) is 9.18. The van der Waals surface area contributed by atoms with E-state index in [9.17, 15) is 4.79 Å². The third kappa shape index (κ3) is 3.22. The summed E-state index contributed by atoms with van der Waals surface area (Å²) in [6.45, 7) is 5.41. The standard InChI is InChI=1S/C16H16N2O/c1-12(2)16(19)14-10-6-7-11-15(14)18-17-13-8-4-3-5-9-13/h3-11,17-18H,1H2,2H3. The molecule has 0 bridgehead atoms. The van der Waals surface area contributed by atoms with E-state index in [2.05, 4.69) is 17.4 Å². The summed E-state index contributed by atoms with van der Waals surface area (Å²) in [5.41, 5.74) is 8.91. The van der Waals surface area contributed by atoms with Gasteiger partial charge in [-0.2, -0.15) is 0 Å². The quantitative estimate of drug-likeness (QED) is 0.482. The van der Waals surface area contributed by atoms with E-state index >= 15 is 0 Å². The molecule has 0 atom stereocenters. The molecule has 0 radical (unpaired) electrons. The molecule has 0 unspecified atom stereocenters. The first kappa shape index (κ1) is 12.9. The van der Waals surface area contributed by atoms with Gasteiger partial charge in [-0.1, -0.05) is 36.9 Å². The third-order valence-corrected chi connectivity index (χ3v) is 2.67. The molecule has 0 spiro atoms. The van der Waals surface area contributed by atoms with Gasteiger partial charge >= 0.3 is 0 Å². The molecule has 0 heterocycles. The Kier molecular flexibility index (Phi) is 3.98. The van der Waals surface area contributed by atoms with Crippen molar-refractivity contribution >= 4 is 17.2 Å². The molecule has 0 saturated heterocycles. The van der Waals surface area contributed by atoms with E-state index in [0.29, 0.717) is 11.1 Å². The number of allylic oxidation sites excluding steroid dienone is 1. The zero-order valence-corrected chi connectivity index (χ0v) is 10.8. The Bertz CT molecular complexity index is 591. The van der Waals surface area contributed by atoms with Crippen molar-refractivity contribution in [3.8, 4) is 0 Å². The van der Waals surface area contributed by atoms with Crippen molar-refractivity contribution < 1.29 is 4.79 Å². The van der Waals surface area contributed by atoms with Crippen molar-refractivity contribution in [1.29, 1.82) is 0 Å². The summed E-state index contributed by atoms with van der Waals surface area (Å²) < 4.78 is 0. The molecule has 2 aromatic carbocycles. The fraction of sp³-hybridized carbons (Fsp3) is 0.0625. The van der Waals surface area contributed by atoms with Crippen molar-refractivity contribution in [3.63, 3.8) is 0 Å². The summed E-state index contributed by atoms with van der Waals surface area (Å²) in [5.74, 6) is -0.0574. The molecule has 0 amide bonds. The van der Waals surface area contributed by atoms with Gasteiger partial charge in [-0.25, -0.2) is 0 Å². The molecular weight excluding hydrogens is 236 g/mol. The number of carbonyl (C=O) groups is 1. The number of Topliss-reactive ketones (excluding diaryl/α,β-unsaturated/α-hetero) is 1. The van der Waals surface area contributed by atoms with Crippen LogP contribution in [0.4, 0.5) is 11.4 Å². The van der Waals surface area contributed by atoms with E-state index < -0.39 is 0 Å². The van der Waals surface area contributed by atoms with Gasteiger partial charge in [0.05, 0.1) is 11.4 Å². The van der Waals surface area contributed by atoms with Crippen LogP contribution in [0, 0.1) is 0 Å². The Morgan fingerprint density at radius 2 is 1.58 bits per heavy atom. The monoisotopic (exact) mass is 252 g/mol. The van der Waals surface area contributed by atoms with Gasteiger partial charge in [0.2, 0.25) is 0 Å². The molecular formula is C16H16N2O. The fourth-order valence-electron chi connectivity index (χ4n) is 1.68. The highest BCUT2D eigenvalue weighted by molar-refractivity contribution is 6.11. The first-order valence-electron chi connectivity index (χ1n) is 6.05. The molecule has 3 nitrogen and oxygen atoms in total. The maximum Gasteiger partial charge on any atom is 0.190 e. The minimum Gasteiger partial charge on any atom is -0.301 e. The predicted octanol–water partition coefficient (Wildman–Crippen LogP) is 3.88. The van der Waals surface area contributed by atoms with Gasteiger partial charge in [-0.15, -0.1) is 0 Å². The summed E-state index contributed by atoms with van der Waals surface area (Å²) in [5, 5.41) is 0. The minimum atomic E-state index is -0.0574. The first-order valence-corrected chi connectivity index (χ1v) is 6.05. The highest BCUT2D eigenvalue weighted by Crippen LogP contribution is 2.18. The van der Waals surface area contributed by atoms with E-state index in [1.165, 1.54) is 0 Å². The average Bonchev–Trinajstić information content (AvgIpc) is 2.45. The van der Waals surface area contributed by atoms with Crippen LogP contribution in [0.15, 0.2) is 66.7 Å². The summed E-state index contributed by atoms with van der Waals surface area (Å²) >= 11 is 0. The number of hydrogen-bond donors (Lipinski definition) is 2. The van der Waals surface area contributed by atoms with Crippen LogP contribution in [0.1, 0.15) is 17.3 Å². The largest absolute Gasteiger partial charge is 0.301 e. The molecule has 0 saturated carbocycles. The van der Waals surface area contributed by atoms with Crippen LogP contribution in [0.5, 0.6) is 0 Å². The molecule has 0 aliphatic rings.